The van der Waals surface area contributed by atoms with Crippen molar-refractivity contribution < 1.29 is 0 Å². The Kier molecular flexibility index (Phi) is 4.68. The van der Waals surface area contributed by atoms with Crippen molar-refractivity contribution in [1.82, 2.24) is 19.5 Å². The summed E-state index contributed by atoms with van der Waals surface area (Å²) in [4.78, 5) is 19.2. The van der Waals surface area contributed by atoms with Crippen LogP contribution in [0.15, 0.2) is 29.1 Å². The molecule has 3 rings (SSSR count). The van der Waals surface area contributed by atoms with Crippen LogP contribution < -0.4 is 5.56 Å². The molecule has 0 aliphatic carbocycles. The first-order valence-corrected chi connectivity index (χ1v) is 8.49. The highest BCUT2D eigenvalue weighted by molar-refractivity contribution is 7.16. The molecule has 5 nitrogen and oxygen atoms in total. The van der Waals surface area contributed by atoms with E-state index in [0.717, 1.165) is 10.6 Å². The van der Waals surface area contributed by atoms with Crippen LogP contribution in [0, 0.1) is 6.92 Å². The van der Waals surface area contributed by atoms with Gasteiger partial charge < -0.3 is 0 Å². The average Bonchev–Trinajstić information content (AvgIpc) is 2.85. The van der Waals surface area contributed by atoms with Gasteiger partial charge in [-0.1, -0.05) is 46.7 Å². The predicted octanol–water partition coefficient (Wildman–Crippen LogP) is 3.40. The Hall–Kier alpha value is -1.47. The second kappa shape index (κ2) is 6.57. The molecule has 0 radical (unpaired) electrons. The molecule has 3 aromatic rings. The van der Waals surface area contributed by atoms with E-state index in [1.165, 1.54) is 21.9 Å². The minimum absolute atomic E-state index is 0.163. The maximum Gasteiger partial charge on any atom is 0.275 e. The van der Waals surface area contributed by atoms with Crippen molar-refractivity contribution in [3.05, 3.63) is 60.9 Å². The number of halogens is 2. The van der Waals surface area contributed by atoms with Gasteiger partial charge in [-0.15, -0.1) is 0 Å². The number of hydrogen-bond donors (Lipinski definition) is 0. The third kappa shape index (κ3) is 3.55. The lowest BCUT2D eigenvalue weighted by Crippen LogP contribution is -2.21. The van der Waals surface area contributed by atoms with Gasteiger partial charge in [-0.2, -0.15) is 9.61 Å². The zero-order valence-electron chi connectivity index (χ0n) is 12.6. The Morgan fingerprint density at radius 2 is 2.09 bits per heavy atom. The lowest BCUT2D eigenvalue weighted by Gasteiger charge is -2.17. The molecule has 0 saturated carbocycles. The highest BCUT2D eigenvalue weighted by Crippen LogP contribution is 2.26. The van der Waals surface area contributed by atoms with Crippen LogP contribution in [0.5, 0.6) is 0 Å². The van der Waals surface area contributed by atoms with Crippen LogP contribution in [0.1, 0.15) is 16.3 Å². The molecule has 0 atom stereocenters. The summed E-state index contributed by atoms with van der Waals surface area (Å²) in [5.74, 6) is 0. The molecule has 0 fully saturated rings. The van der Waals surface area contributed by atoms with Crippen molar-refractivity contribution >= 4 is 39.5 Å². The summed E-state index contributed by atoms with van der Waals surface area (Å²) in [5, 5.41) is 6.04. The maximum atomic E-state index is 12.1. The number of aromatic nitrogens is 3. The fraction of sp³-hybridized carbons (Fsp3) is 0.267. The molecule has 2 aromatic heterocycles. The molecule has 0 bridgehead atoms. The zero-order chi connectivity index (χ0) is 16.6. The van der Waals surface area contributed by atoms with Crippen molar-refractivity contribution in [3.63, 3.8) is 0 Å². The zero-order valence-corrected chi connectivity index (χ0v) is 14.9. The SMILES string of the molecule is Cc1nn2c(=O)cc(CN(C)Cc3cccc(Cl)c3Cl)nc2s1. The Bertz CT molecular complexity index is 921. The van der Waals surface area contributed by atoms with Gasteiger partial charge in [0.1, 0.15) is 5.01 Å². The molecule has 0 aliphatic heterocycles. The summed E-state index contributed by atoms with van der Waals surface area (Å²) < 4.78 is 1.33. The monoisotopic (exact) mass is 368 g/mol. The number of fused-ring (bicyclic) bond motifs is 1. The third-order valence-electron chi connectivity index (χ3n) is 3.30. The normalized spacial score (nSPS) is 11.5. The molecule has 0 spiro atoms. The molecule has 120 valence electrons. The van der Waals surface area contributed by atoms with Gasteiger partial charge >= 0.3 is 0 Å². The van der Waals surface area contributed by atoms with Crippen LogP contribution in [0.2, 0.25) is 10.0 Å². The number of nitrogens with zero attached hydrogens (tertiary/aromatic N) is 4. The fourth-order valence-corrected chi connectivity index (χ4v) is 3.47. The number of hydrogen-bond acceptors (Lipinski definition) is 5. The van der Waals surface area contributed by atoms with Crippen molar-refractivity contribution in [1.29, 1.82) is 0 Å². The van der Waals surface area contributed by atoms with Gasteiger partial charge in [0.2, 0.25) is 4.96 Å². The number of rotatable bonds is 4. The van der Waals surface area contributed by atoms with Crippen LogP contribution in [-0.4, -0.2) is 26.5 Å². The van der Waals surface area contributed by atoms with Crippen LogP contribution >= 0.6 is 34.5 Å². The lowest BCUT2D eigenvalue weighted by atomic mass is 10.2. The smallest absolute Gasteiger partial charge is 0.275 e. The van der Waals surface area contributed by atoms with Crippen LogP contribution in [0.4, 0.5) is 0 Å². The highest BCUT2D eigenvalue weighted by Gasteiger charge is 2.11. The van der Waals surface area contributed by atoms with Crippen molar-refractivity contribution in [2.75, 3.05) is 7.05 Å². The Balaban J connectivity index is 1.81. The standard InChI is InChI=1S/C15H14Cl2N4OS/c1-9-19-21-13(22)6-11(18-15(21)23-9)8-20(2)7-10-4-3-5-12(16)14(10)17/h3-6H,7-8H2,1-2H3. The average molecular weight is 369 g/mol. The first kappa shape index (κ1) is 16.4. The molecule has 1 aromatic carbocycles. The van der Waals surface area contributed by atoms with E-state index in [9.17, 15) is 4.79 Å². The first-order chi connectivity index (χ1) is 10.9. The summed E-state index contributed by atoms with van der Waals surface area (Å²) in [6.45, 7) is 3.00. The van der Waals surface area contributed by atoms with Gasteiger partial charge in [0, 0.05) is 19.2 Å². The Morgan fingerprint density at radius 1 is 1.30 bits per heavy atom. The maximum absolute atomic E-state index is 12.1. The summed E-state index contributed by atoms with van der Waals surface area (Å²) >= 11 is 13.6. The molecule has 0 N–H and O–H groups in total. The molecule has 0 aliphatic rings. The molecule has 2 heterocycles. The molecule has 23 heavy (non-hydrogen) atoms. The van der Waals surface area contributed by atoms with E-state index in [2.05, 4.69) is 10.1 Å². The Morgan fingerprint density at radius 3 is 2.87 bits per heavy atom. The van der Waals surface area contributed by atoms with E-state index in [1.54, 1.807) is 6.07 Å². The number of benzene rings is 1. The van der Waals surface area contributed by atoms with E-state index in [0.29, 0.717) is 33.8 Å². The van der Waals surface area contributed by atoms with E-state index < -0.39 is 0 Å². The summed E-state index contributed by atoms with van der Waals surface area (Å²) in [5.41, 5.74) is 1.48. The molecular formula is C15H14Cl2N4OS. The van der Waals surface area contributed by atoms with Crippen molar-refractivity contribution in [3.8, 4) is 0 Å². The number of aryl methyl sites for hydroxylation is 1. The topological polar surface area (TPSA) is 50.5 Å². The molecule has 0 amide bonds. The second-order valence-electron chi connectivity index (χ2n) is 5.29. The van der Waals surface area contributed by atoms with E-state index in [4.69, 9.17) is 23.2 Å². The van der Waals surface area contributed by atoms with Crippen molar-refractivity contribution in [2.24, 2.45) is 0 Å². The predicted molar refractivity (Wildman–Crippen MR) is 93.5 cm³/mol. The summed E-state index contributed by atoms with van der Waals surface area (Å²) in [6.07, 6.45) is 0. The lowest BCUT2D eigenvalue weighted by molar-refractivity contribution is 0.315. The van der Waals surface area contributed by atoms with E-state index >= 15 is 0 Å². The second-order valence-corrected chi connectivity index (χ2v) is 7.23. The fourth-order valence-electron chi connectivity index (χ4n) is 2.33. The van der Waals surface area contributed by atoms with Crippen molar-refractivity contribution in [2.45, 2.75) is 20.0 Å². The van der Waals surface area contributed by atoms with Gasteiger partial charge in [-0.05, 0) is 25.6 Å². The van der Waals surface area contributed by atoms with E-state index in [1.807, 2.05) is 31.0 Å². The molecule has 0 unspecified atom stereocenters. The third-order valence-corrected chi connectivity index (χ3v) is 4.98. The van der Waals surface area contributed by atoms with Gasteiger partial charge in [0.15, 0.2) is 0 Å². The Labute approximate surface area is 147 Å². The molecule has 8 heteroatoms. The van der Waals surface area contributed by atoms with Crippen LogP contribution in [0.3, 0.4) is 0 Å². The highest BCUT2D eigenvalue weighted by atomic mass is 35.5. The minimum atomic E-state index is -0.163. The van der Waals surface area contributed by atoms with Crippen LogP contribution in [-0.2, 0) is 13.1 Å². The minimum Gasteiger partial charge on any atom is -0.296 e. The van der Waals surface area contributed by atoms with Gasteiger partial charge in [0.25, 0.3) is 5.56 Å². The molecular weight excluding hydrogens is 355 g/mol. The summed E-state index contributed by atoms with van der Waals surface area (Å²) in [7, 11) is 1.94. The van der Waals surface area contributed by atoms with Gasteiger partial charge in [-0.3, -0.25) is 9.69 Å². The molecule has 0 saturated heterocycles. The van der Waals surface area contributed by atoms with E-state index in [-0.39, 0.29) is 5.56 Å². The van der Waals surface area contributed by atoms with Gasteiger partial charge in [-0.25, -0.2) is 4.98 Å². The van der Waals surface area contributed by atoms with Gasteiger partial charge in [0.05, 0.1) is 15.7 Å². The first-order valence-electron chi connectivity index (χ1n) is 6.92. The quantitative estimate of drug-likeness (QED) is 0.707. The van der Waals surface area contributed by atoms with Crippen LogP contribution in [0.25, 0.3) is 4.96 Å². The summed E-state index contributed by atoms with van der Waals surface area (Å²) in [6, 6.07) is 7.08. The largest absolute Gasteiger partial charge is 0.296 e.